The Balaban J connectivity index is 1.28. The fraction of sp³-hybridized carbons (Fsp3) is 0.185. The minimum absolute atomic E-state index is 0.101. The molecule has 1 saturated heterocycles. The predicted molar refractivity (Wildman–Crippen MR) is 142 cm³/mol. The molecule has 0 bridgehead atoms. The number of aromatic carboxylic acids is 1. The molecule has 1 aromatic heterocycles. The quantitative estimate of drug-likeness (QED) is 0.302. The predicted octanol–water partition coefficient (Wildman–Crippen LogP) is 5.78. The molecule has 182 valence electrons. The van der Waals surface area contributed by atoms with E-state index in [-0.39, 0.29) is 17.4 Å². The van der Waals surface area contributed by atoms with Gasteiger partial charge < -0.3 is 15.3 Å². The van der Waals surface area contributed by atoms with E-state index >= 15 is 0 Å². The Bertz CT molecular complexity index is 1440. The summed E-state index contributed by atoms with van der Waals surface area (Å²) in [6.07, 6.45) is 1.98. The van der Waals surface area contributed by atoms with Crippen LogP contribution < -0.4 is 5.32 Å². The van der Waals surface area contributed by atoms with Gasteiger partial charge in [0.25, 0.3) is 11.8 Å². The highest BCUT2D eigenvalue weighted by Crippen LogP contribution is 2.33. The van der Waals surface area contributed by atoms with E-state index in [2.05, 4.69) is 10.3 Å². The number of carboxylic acid groups (broad SMARTS) is 1. The van der Waals surface area contributed by atoms with Gasteiger partial charge in [-0.1, -0.05) is 36.0 Å². The van der Waals surface area contributed by atoms with Crippen molar-refractivity contribution in [3.63, 3.8) is 0 Å². The second-order valence-corrected chi connectivity index (χ2v) is 10.7. The number of benzene rings is 3. The van der Waals surface area contributed by atoms with Gasteiger partial charge in [0.1, 0.15) is 0 Å². The molecular formula is C27H23N3O4S2. The highest BCUT2D eigenvalue weighted by molar-refractivity contribution is 8.00. The SMILES string of the molecule is O=C(O)c1ccc(CSc2nc3ccc(NC(=O)c4ccccc4C(=O)N4CCCC4)cc3s2)cc1. The number of carboxylic acids is 1. The average Bonchev–Trinajstić information content (AvgIpc) is 3.57. The van der Waals surface area contributed by atoms with Crippen molar-refractivity contribution in [2.45, 2.75) is 22.9 Å². The van der Waals surface area contributed by atoms with Crippen LogP contribution in [0.15, 0.2) is 71.1 Å². The zero-order chi connectivity index (χ0) is 25.1. The Morgan fingerprint density at radius 1 is 0.972 bits per heavy atom. The van der Waals surface area contributed by atoms with E-state index < -0.39 is 5.97 Å². The molecule has 7 nitrogen and oxygen atoms in total. The largest absolute Gasteiger partial charge is 0.478 e. The van der Waals surface area contributed by atoms with Gasteiger partial charge in [-0.25, -0.2) is 9.78 Å². The Labute approximate surface area is 216 Å². The number of nitrogens with zero attached hydrogens (tertiary/aromatic N) is 2. The molecule has 2 N–H and O–H groups in total. The van der Waals surface area contributed by atoms with Crippen LogP contribution in [0, 0.1) is 0 Å². The summed E-state index contributed by atoms with van der Waals surface area (Å²) in [4.78, 5) is 43.5. The van der Waals surface area contributed by atoms with Gasteiger partial charge in [-0.3, -0.25) is 9.59 Å². The second-order valence-electron chi connectivity index (χ2n) is 8.45. The number of likely N-dealkylation sites (tertiary alicyclic amines) is 1. The van der Waals surface area contributed by atoms with Crippen LogP contribution in [0.4, 0.5) is 5.69 Å². The molecule has 1 aliphatic rings. The van der Waals surface area contributed by atoms with Crippen molar-refractivity contribution in [3.05, 3.63) is 89.0 Å². The van der Waals surface area contributed by atoms with Crippen LogP contribution in [0.3, 0.4) is 0 Å². The normalized spacial score (nSPS) is 13.2. The topological polar surface area (TPSA) is 99.6 Å². The molecule has 1 fully saturated rings. The zero-order valence-corrected chi connectivity index (χ0v) is 20.9. The van der Waals surface area contributed by atoms with Crippen molar-refractivity contribution >= 4 is 56.8 Å². The van der Waals surface area contributed by atoms with Crippen molar-refractivity contribution in [2.24, 2.45) is 0 Å². The number of thioether (sulfide) groups is 1. The molecule has 0 saturated carbocycles. The second kappa shape index (κ2) is 10.5. The summed E-state index contributed by atoms with van der Waals surface area (Å²) in [6.45, 7) is 1.45. The molecule has 3 aromatic carbocycles. The maximum Gasteiger partial charge on any atom is 0.335 e. The first-order chi connectivity index (χ1) is 17.5. The van der Waals surface area contributed by atoms with Gasteiger partial charge in [0.2, 0.25) is 0 Å². The molecule has 9 heteroatoms. The first-order valence-electron chi connectivity index (χ1n) is 11.5. The number of carbonyl (C=O) groups excluding carboxylic acids is 2. The van der Waals surface area contributed by atoms with Crippen molar-refractivity contribution in [1.82, 2.24) is 9.88 Å². The lowest BCUT2D eigenvalue weighted by atomic mass is 10.1. The molecule has 2 amide bonds. The van der Waals surface area contributed by atoms with Gasteiger partial charge in [0.15, 0.2) is 4.34 Å². The monoisotopic (exact) mass is 517 g/mol. The van der Waals surface area contributed by atoms with Crippen LogP contribution in [0.5, 0.6) is 0 Å². The lowest BCUT2D eigenvalue weighted by molar-refractivity contribution is 0.0696. The lowest BCUT2D eigenvalue weighted by Crippen LogP contribution is -2.29. The van der Waals surface area contributed by atoms with E-state index in [1.807, 2.05) is 30.3 Å². The minimum atomic E-state index is -0.940. The molecule has 0 aliphatic carbocycles. The van der Waals surface area contributed by atoms with Gasteiger partial charge in [-0.15, -0.1) is 11.3 Å². The Morgan fingerprint density at radius 3 is 2.42 bits per heavy atom. The maximum absolute atomic E-state index is 13.1. The van der Waals surface area contributed by atoms with E-state index in [0.29, 0.717) is 22.6 Å². The number of amides is 2. The summed E-state index contributed by atoms with van der Waals surface area (Å²) < 4.78 is 1.83. The smallest absolute Gasteiger partial charge is 0.335 e. The van der Waals surface area contributed by atoms with Crippen molar-refractivity contribution in [1.29, 1.82) is 0 Å². The standard InChI is InChI=1S/C27H23N3O4S2/c31-24(20-5-1-2-6-21(20)25(32)30-13-3-4-14-30)28-19-11-12-22-23(15-19)36-27(29-22)35-16-17-7-9-18(10-8-17)26(33)34/h1-2,5-12,15H,3-4,13-14,16H2,(H,28,31)(H,33,34). The fourth-order valence-corrected chi connectivity index (χ4v) is 6.15. The van der Waals surface area contributed by atoms with E-state index in [9.17, 15) is 14.4 Å². The Kier molecular flexibility index (Phi) is 7.02. The number of aromatic nitrogens is 1. The number of anilines is 1. The molecule has 2 heterocycles. The molecule has 1 aliphatic heterocycles. The van der Waals surface area contributed by atoms with E-state index in [1.54, 1.807) is 53.1 Å². The molecule has 0 unspecified atom stereocenters. The number of nitrogens with one attached hydrogen (secondary N) is 1. The van der Waals surface area contributed by atoms with Crippen LogP contribution in [0.1, 0.15) is 49.5 Å². The van der Waals surface area contributed by atoms with Crippen LogP contribution in [0.2, 0.25) is 0 Å². The Hall–Kier alpha value is -3.69. The van der Waals surface area contributed by atoms with Gasteiger partial charge >= 0.3 is 5.97 Å². The summed E-state index contributed by atoms with van der Waals surface area (Å²) in [5.41, 5.74) is 3.54. The summed E-state index contributed by atoms with van der Waals surface area (Å²) in [7, 11) is 0. The molecule has 0 radical (unpaired) electrons. The van der Waals surface area contributed by atoms with Gasteiger partial charge in [0.05, 0.1) is 26.9 Å². The average molecular weight is 518 g/mol. The number of thiazole rings is 1. The fourth-order valence-electron chi connectivity index (χ4n) is 4.09. The van der Waals surface area contributed by atoms with Gasteiger partial charge in [-0.05, 0) is 60.9 Å². The number of carbonyl (C=O) groups is 3. The summed E-state index contributed by atoms with van der Waals surface area (Å²) >= 11 is 3.11. The van der Waals surface area contributed by atoms with Crippen LogP contribution in [-0.2, 0) is 5.75 Å². The highest BCUT2D eigenvalue weighted by atomic mass is 32.2. The summed E-state index contributed by atoms with van der Waals surface area (Å²) in [6, 6.07) is 19.3. The molecule has 0 atom stereocenters. The molecule has 0 spiro atoms. The van der Waals surface area contributed by atoms with Gasteiger partial charge in [-0.2, -0.15) is 0 Å². The summed E-state index contributed by atoms with van der Waals surface area (Å²) in [5, 5.41) is 12.0. The van der Waals surface area contributed by atoms with E-state index in [1.165, 1.54) is 11.3 Å². The molecule has 36 heavy (non-hydrogen) atoms. The number of hydrogen-bond acceptors (Lipinski definition) is 6. The first-order valence-corrected chi connectivity index (χ1v) is 13.3. The molecule has 4 aromatic rings. The van der Waals surface area contributed by atoms with Crippen LogP contribution in [-0.4, -0.2) is 45.9 Å². The number of hydrogen-bond donors (Lipinski definition) is 2. The van der Waals surface area contributed by atoms with E-state index in [4.69, 9.17) is 5.11 Å². The van der Waals surface area contributed by atoms with Crippen LogP contribution >= 0.6 is 23.1 Å². The first kappa shape index (κ1) is 24.0. The van der Waals surface area contributed by atoms with Crippen molar-refractivity contribution in [3.8, 4) is 0 Å². The third-order valence-electron chi connectivity index (χ3n) is 5.99. The maximum atomic E-state index is 13.1. The minimum Gasteiger partial charge on any atom is -0.478 e. The number of fused-ring (bicyclic) bond motifs is 1. The molecule has 5 rings (SSSR count). The Morgan fingerprint density at radius 2 is 1.69 bits per heavy atom. The van der Waals surface area contributed by atoms with Gasteiger partial charge in [0, 0.05) is 24.5 Å². The third kappa shape index (κ3) is 5.27. The van der Waals surface area contributed by atoms with Crippen molar-refractivity contribution < 1.29 is 19.5 Å². The number of rotatable bonds is 7. The third-order valence-corrected chi connectivity index (χ3v) is 8.22. The van der Waals surface area contributed by atoms with Crippen LogP contribution in [0.25, 0.3) is 10.2 Å². The van der Waals surface area contributed by atoms with Crippen molar-refractivity contribution in [2.75, 3.05) is 18.4 Å². The summed E-state index contributed by atoms with van der Waals surface area (Å²) in [5.74, 6) is -0.688. The zero-order valence-electron chi connectivity index (χ0n) is 19.3. The lowest BCUT2D eigenvalue weighted by Gasteiger charge is -2.17. The highest BCUT2D eigenvalue weighted by Gasteiger charge is 2.24. The molecular weight excluding hydrogens is 494 g/mol. The van der Waals surface area contributed by atoms with E-state index in [0.717, 1.165) is 46.1 Å².